The zero-order valence-electron chi connectivity index (χ0n) is 13.2. The molecule has 1 unspecified atom stereocenters. The summed E-state index contributed by atoms with van der Waals surface area (Å²) in [4.78, 5) is 25.4. The molecule has 0 N–H and O–H groups in total. The zero-order valence-corrected chi connectivity index (χ0v) is 14.1. The Kier molecular flexibility index (Phi) is 5.58. The number of nitrogens with zero attached hydrogens (tertiary/aromatic N) is 4. The molecule has 1 amide bonds. The molecule has 5 nitrogen and oxygen atoms in total. The van der Waals surface area contributed by atoms with Crippen molar-refractivity contribution in [2.45, 2.75) is 44.4 Å². The molecule has 1 aliphatic heterocycles. The molecule has 2 heterocycles. The zero-order chi connectivity index (χ0) is 15.4. The number of hydrogen-bond donors (Lipinski definition) is 0. The van der Waals surface area contributed by atoms with Gasteiger partial charge in [0.25, 0.3) is 5.91 Å². The maximum atomic E-state index is 12.6. The number of piperazine rings is 1. The number of aromatic nitrogens is 2. The highest BCUT2D eigenvalue weighted by molar-refractivity contribution is 7.98. The second-order valence-electron chi connectivity index (χ2n) is 5.60. The summed E-state index contributed by atoms with van der Waals surface area (Å²) in [6.07, 6.45) is 6.26. The predicted molar refractivity (Wildman–Crippen MR) is 85.6 cm³/mol. The maximum absolute atomic E-state index is 12.6. The summed E-state index contributed by atoms with van der Waals surface area (Å²) in [5.74, 6) is 0.0458. The second-order valence-corrected chi connectivity index (χ2v) is 6.38. The van der Waals surface area contributed by atoms with Gasteiger partial charge in [-0.25, -0.2) is 9.97 Å². The van der Waals surface area contributed by atoms with Crippen molar-refractivity contribution in [2.24, 2.45) is 0 Å². The van der Waals surface area contributed by atoms with Crippen molar-refractivity contribution >= 4 is 17.7 Å². The van der Waals surface area contributed by atoms with Crippen molar-refractivity contribution in [1.29, 1.82) is 0 Å². The molecule has 0 aromatic carbocycles. The Hall–Kier alpha value is -1.14. The molecular formula is C15H24N4OS. The van der Waals surface area contributed by atoms with Gasteiger partial charge in [-0.3, -0.25) is 9.69 Å². The van der Waals surface area contributed by atoms with Crippen molar-refractivity contribution < 1.29 is 4.79 Å². The smallest absolute Gasteiger partial charge is 0.257 e. The molecule has 1 fully saturated rings. The SMILES string of the molecule is CCC1CN(C(=O)c2cnc(SC)nc2)CCN1C(C)C. The molecule has 116 valence electrons. The molecule has 0 radical (unpaired) electrons. The lowest BCUT2D eigenvalue weighted by Gasteiger charge is -2.43. The average molecular weight is 308 g/mol. The summed E-state index contributed by atoms with van der Waals surface area (Å²) >= 11 is 1.48. The molecule has 1 atom stereocenters. The number of hydrogen-bond acceptors (Lipinski definition) is 5. The molecule has 1 aliphatic rings. The highest BCUT2D eigenvalue weighted by Crippen LogP contribution is 2.18. The van der Waals surface area contributed by atoms with Crippen LogP contribution in [0.3, 0.4) is 0 Å². The van der Waals surface area contributed by atoms with E-state index in [1.54, 1.807) is 12.4 Å². The topological polar surface area (TPSA) is 49.3 Å². The van der Waals surface area contributed by atoms with E-state index in [9.17, 15) is 4.79 Å². The lowest BCUT2D eigenvalue weighted by atomic mass is 10.1. The molecule has 2 rings (SSSR count). The van der Waals surface area contributed by atoms with Crippen LogP contribution < -0.4 is 0 Å². The van der Waals surface area contributed by atoms with Crippen LogP contribution in [0.1, 0.15) is 37.6 Å². The number of carbonyl (C=O) groups is 1. The molecule has 21 heavy (non-hydrogen) atoms. The summed E-state index contributed by atoms with van der Waals surface area (Å²) in [5.41, 5.74) is 0.584. The molecule has 0 bridgehead atoms. The normalized spacial score (nSPS) is 20.0. The van der Waals surface area contributed by atoms with Crippen LogP contribution in [-0.2, 0) is 0 Å². The van der Waals surface area contributed by atoms with Gasteiger partial charge in [0.05, 0.1) is 5.56 Å². The first-order valence-electron chi connectivity index (χ1n) is 7.47. The minimum absolute atomic E-state index is 0.0458. The number of thioether (sulfide) groups is 1. The van der Waals surface area contributed by atoms with Gasteiger partial charge < -0.3 is 4.90 Å². The molecule has 6 heteroatoms. The van der Waals surface area contributed by atoms with Crippen molar-refractivity contribution in [3.8, 4) is 0 Å². The third-order valence-electron chi connectivity index (χ3n) is 4.01. The van der Waals surface area contributed by atoms with Gasteiger partial charge in [0, 0.05) is 44.1 Å². The third kappa shape index (κ3) is 3.74. The van der Waals surface area contributed by atoms with Crippen LogP contribution in [0.25, 0.3) is 0 Å². The van der Waals surface area contributed by atoms with Gasteiger partial charge in [-0.2, -0.15) is 0 Å². The van der Waals surface area contributed by atoms with Crippen LogP contribution in [0.5, 0.6) is 0 Å². The summed E-state index contributed by atoms with van der Waals surface area (Å²) in [7, 11) is 0. The maximum Gasteiger partial charge on any atom is 0.257 e. The van der Waals surface area contributed by atoms with Gasteiger partial charge in [0.1, 0.15) is 0 Å². The fourth-order valence-electron chi connectivity index (χ4n) is 2.81. The van der Waals surface area contributed by atoms with E-state index in [1.807, 2.05) is 11.2 Å². The first-order chi connectivity index (χ1) is 10.1. The van der Waals surface area contributed by atoms with Gasteiger partial charge in [-0.1, -0.05) is 18.7 Å². The van der Waals surface area contributed by atoms with Gasteiger partial charge in [0.2, 0.25) is 0 Å². The first kappa shape index (κ1) is 16.2. The van der Waals surface area contributed by atoms with E-state index < -0.39 is 0 Å². The largest absolute Gasteiger partial charge is 0.336 e. The van der Waals surface area contributed by atoms with Crippen LogP contribution in [0, 0.1) is 0 Å². The summed E-state index contributed by atoms with van der Waals surface area (Å²) in [5, 5.41) is 0.697. The fourth-order valence-corrected chi connectivity index (χ4v) is 3.13. The Balaban J connectivity index is 2.06. The van der Waals surface area contributed by atoms with Crippen LogP contribution in [0.2, 0.25) is 0 Å². The first-order valence-corrected chi connectivity index (χ1v) is 8.70. The number of rotatable bonds is 4. The summed E-state index contributed by atoms with van der Waals surface area (Å²) in [6.45, 7) is 9.12. The Labute approximate surface area is 131 Å². The highest BCUT2D eigenvalue weighted by atomic mass is 32.2. The standard InChI is InChI=1S/C15H24N4OS/c1-5-13-10-18(6-7-19(13)11(2)3)14(20)12-8-16-15(21-4)17-9-12/h8-9,11,13H,5-7,10H2,1-4H3. The Morgan fingerprint density at radius 3 is 2.57 bits per heavy atom. The highest BCUT2D eigenvalue weighted by Gasteiger charge is 2.30. The van der Waals surface area contributed by atoms with Gasteiger partial charge >= 0.3 is 0 Å². The molecule has 1 aromatic heterocycles. The quantitative estimate of drug-likeness (QED) is 0.630. The molecule has 1 aromatic rings. The van der Waals surface area contributed by atoms with E-state index in [2.05, 4.69) is 35.6 Å². The number of amides is 1. The lowest BCUT2D eigenvalue weighted by Crippen LogP contribution is -2.56. The van der Waals surface area contributed by atoms with Crippen molar-refractivity contribution in [3.05, 3.63) is 18.0 Å². The molecular weight excluding hydrogens is 284 g/mol. The summed E-state index contributed by atoms with van der Waals surface area (Å²) < 4.78 is 0. The Bertz CT molecular complexity index is 477. The second kappa shape index (κ2) is 7.22. The third-order valence-corrected chi connectivity index (χ3v) is 4.58. The Morgan fingerprint density at radius 2 is 2.05 bits per heavy atom. The van der Waals surface area contributed by atoms with E-state index in [4.69, 9.17) is 0 Å². The van der Waals surface area contributed by atoms with Crippen LogP contribution >= 0.6 is 11.8 Å². The molecule has 0 spiro atoms. The molecule has 1 saturated heterocycles. The van der Waals surface area contributed by atoms with Crippen LogP contribution in [0.4, 0.5) is 0 Å². The Morgan fingerprint density at radius 1 is 1.38 bits per heavy atom. The van der Waals surface area contributed by atoms with E-state index in [0.717, 1.165) is 26.1 Å². The van der Waals surface area contributed by atoms with Crippen molar-refractivity contribution in [2.75, 3.05) is 25.9 Å². The van der Waals surface area contributed by atoms with Crippen LogP contribution in [0.15, 0.2) is 17.6 Å². The van der Waals surface area contributed by atoms with E-state index in [1.165, 1.54) is 11.8 Å². The predicted octanol–water partition coefficient (Wildman–Crippen LogP) is 2.14. The lowest BCUT2D eigenvalue weighted by molar-refractivity contribution is 0.0371. The van der Waals surface area contributed by atoms with Gasteiger partial charge in [-0.15, -0.1) is 0 Å². The van der Waals surface area contributed by atoms with E-state index >= 15 is 0 Å². The minimum Gasteiger partial charge on any atom is -0.336 e. The minimum atomic E-state index is 0.0458. The molecule has 0 aliphatic carbocycles. The summed E-state index contributed by atoms with van der Waals surface area (Å²) in [6, 6.07) is 0.963. The van der Waals surface area contributed by atoms with Gasteiger partial charge in [-0.05, 0) is 26.5 Å². The number of carbonyl (C=O) groups excluding carboxylic acids is 1. The van der Waals surface area contributed by atoms with E-state index in [-0.39, 0.29) is 5.91 Å². The average Bonchev–Trinajstić information content (AvgIpc) is 2.53. The van der Waals surface area contributed by atoms with E-state index in [0.29, 0.717) is 22.8 Å². The van der Waals surface area contributed by atoms with Crippen molar-refractivity contribution in [1.82, 2.24) is 19.8 Å². The van der Waals surface area contributed by atoms with Crippen molar-refractivity contribution in [3.63, 3.8) is 0 Å². The molecule has 0 saturated carbocycles. The van der Waals surface area contributed by atoms with Gasteiger partial charge in [0.15, 0.2) is 5.16 Å². The fraction of sp³-hybridized carbons (Fsp3) is 0.667. The van der Waals surface area contributed by atoms with Crippen LogP contribution in [-0.4, -0.2) is 63.6 Å². The monoisotopic (exact) mass is 308 g/mol.